The average Bonchev–Trinajstić information content (AvgIpc) is 2.61. The number of benzene rings is 1. The Morgan fingerprint density at radius 2 is 2.00 bits per heavy atom. The predicted molar refractivity (Wildman–Crippen MR) is 69.7 cm³/mol. The van der Waals surface area contributed by atoms with E-state index in [-0.39, 0.29) is 11.9 Å². The minimum atomic E-state index is -0.0472. The molecule has 92 valence electrons. The van der Waals surface area contributed by atoms with Crippen LogP contribution in [0.25, 0.3) is 0 Å². The van der Waals surface area contributed by atoms with Gasteiger partial charge in [0.1, 0.15) is 0 Å². The molecule has 0 radical (unpaired) electrons. The second-order valence-corrected chi connectivity index (χ2v) is 5.08. The van der Waals surface area contributed by atoms with Crippen LogP contribution in [0, 0.1) is 11.8 Å². The number of amides is 1. The van der Waals surface area contributed by atoms with Crippen molar-refractivity contribution in [3.63, 3.8) is 0 Å². The van der Waals surface area contributed by atoms with Gasteiger partial charge in [-0.3, -0.25) is 4.79 Å². The molecular formula is C14H20N2O. The molecule has 1 saturated carbocycles. The van der Waals surface area contributed by atoms with Crippen molar-refractivity contribution in [2.24, 2.45) is 11.8 Å². The molecule has 3 unspecified atom stereocenters. The van der Waals surface area contributed by atoms with E-state index in [1.807, 2.05) is 12.1 Å². The summed E-state index contributed by atoms with van der Waals surface area (Å²) in [6.45, 7) is 4.45. The molecule has 17 heavy (non-hydrogen) atoms. The minimum Gasteiger partial charge on any atom is -0.398 e. The van der Waals surface area contributed by atoms with Crippen LogP contribution in [0.3, 0.4) is 0 Å². The Balaban J connectivity index is 2.05. The fourth-order valence-electron chi connectivity index (χ4n) is 2.52. The summed E-state index contributed by atoms with van der Waals surface area (Å²) in [6, 6.07) is 7.50. The molecule has 0 saturated heterocycles. The van der Waals surface area contributed by atoms with Crippen molar-refractivity contribution in [2.45, 2.75) is 32.7 Å². The lowest BCUT2D eigenvalue weighted by Gasteiger charge is -2.20. The highest BCUT2D eigenvalue weighted by molar-refractivity contribution is 5.99. The van der Waals surface area contributed by atoms with Crippen molar-refractivity contribution in [3.05, 3.63) is 29.8 Å². The van der Waals surface area contributed by atoms with Crippen LogP contribution in [-0.4, -0.2) is 11.9 Å². The molecule has 0 aromatic heterocycles. The van der Waals surface area contributed by atoms with Gasteiger partial charge in [0.15, 0.2) is 0 Å². The van der Waals surface area contributed by atoms with Crippen LogP contribution in [0.2, 0.25) is 0 Å². The number of carbonyl (C=O) groups is 1. The molecule has 3 heteroatoms. The molecule has 2 rings (SSSR count). The molecule has 3 N–H and O–H groups in total. The second-order valence-electron chi connectivity index (χ2n) is 5.08. The number of nitrogen functional groups attached to an aromatic ring is 1. The Hall–Kier alpha value is -1.51. The third-order valence-corrected chi connectivity index (χ3v) is 3.99. The van der Waals surface area contributed by atoms with Crippen LogP contribution in [-0.2, 0) is 0 Å². The van der Waals surface area contributed by atoms with Crippen LogP contribution in [0.5, 0.6) is 0 Å². The highest BCUT2D eigenvalue weighted by Crippen LogP contribution is 2.31. The lowest BCUT2D eigenvalue weighted by atomic mass is 9.97. The van der Waals surface area contributed by atoms with Crippen molar-refractivity contribution >= 4 is 11.6 Å². The van der Waals surface area contributed by atoms with Crippen LogP contribution < -0.4 is 11.1 Å². The molecule has 3 atom stereocenters. The molecule has 3 nitrogen and oxygen atoms in total. The van der Waals surface area contributed by atoms with Gasteiger partial charge in [-0.25, -0.2) is 0 Å². The van der Waals surface area contributed by atoms with Crippen LogP contribution in [0.4, 0.5) is 5.69 Å². The molecule has 1 fully saturated rings. The maximum absolute atomic E-state index is 12.1. The van der Waals surface area contributed by atoms with Gasteiger partial charge in [0.05, 0.1) is 5.56 Å². The van der Waals surface area contributed by atoms with Gasteiger partial charge in [-0.05, 0) is 36.8 Å². The fraction of sp³-hybridized carbons (Fsp3) is 0.500. The van der Waals surface area contributed by atoms with Gasteiger partial charge < -0.3 is 11.1 Å². The van der Waals surface area contributed by atoms with Crippen molar-refractivity contribution in [1.82, 2.24) is 5.32 Å². The molecule has 0 heterocycles. The fourth-order valence-corrected chi connectivity index (χ4v) is 2.52. The zero-order valence-electron chi connectivity index (χ0n) is 10.4. The number of hydrogen-bond acceptors (Lipinski definition) is 2. The van der Waals surface area contributed by atoms with Gasteiger partial charge in [-0.1, -0.05) is 26.0 Å². The van der Waals surface area contributed by atoms with Gasteiger partial charge in [-0.15, -0.1) is 0 Å². The molecular weight excluding hydrogens is 212 g/mol. The summed E-state index contributed by atoms with van der Waals surface area (Å²) >= 11 is 0. The van der Waals surface area contributed by atoms with E-state index in [9.17, 15) is 4.79 Å². The standard InChI is InChI=1S/C14H20N2O/c1-9-7-8-13(10(9)2)16-14(17)11-5-3-4-6-12(11)15/h3-6,9-10,13H,7-8,15H2,1-2H3,(H,16,17). The van der Waals surface area contributed by atoms with Gasteiger partial charge in [0, 0.05) is 11.7 Å². The molecule has 1 aliphatic rings. The number of para-hydroxylation sites is 1. The Bertz CT molecular complexity index is 416. The summed E-state index contributed by atoms with van der Waals surface area (Å²) in [5.74, 6) is 1.19. The highest BCUT2D eigenvalue weighted by atomic mass is 16.1. The first-order valence-electron chi connectivity index (χ1n) is 6.25. The second kappa shape index (κ2) is 4.78. The Kier molecular flexibility index (Phi) is 3.36. The Morgan fingerprint density at radius 3 is 2.59 bits per heavy atom. The predicted octanol–water partition coefficient (Wildman–Crippen LogP) is 2.43. The van der Waals surface area contributed by atoms with E-state index in [2.05, 4.69) is 19.2 Å². The third-order valence-electron chi connectivity index (χ3n) is 3.99. The molecule has 0 aliphatic heterocycles. The van der Waals surface area contributed by atoms with Gasteiger partial charge in [0.25, 0.3) is 5.91 Å². The summed E-state index contributed by atoms with van der Waals surface area (Å²) in [5, 5.41) is 3.10. The van der Waals surface area contributed by atoms with Gasteiger partial charge in [-0.2, -0.15) is 0 Å². The first-order chi connectivity index (χ1) is 8.09. The first-order valence-corrected chi connectivity index (χ1v) is 6.25. The normalized spacial score (nSPS) is 28.0. The third kappa shape index (κ3) is 2.43. The first kappa shape index (κ1) is 12.0. The van der Waals surface area contributed by atoms with Crippen LogP contribution >= 0.6 is 0 Å². The number of nitrogens with two attached hydrogens (primary N) is 1. The van der Waals surface area contributed by atoms with E-state index < -0.39 is 0 Å². The molecule has 1 aromatic carbocycles. The zero-order chi connectivity index (χ0) is 12.4. The maximum atomic E-state index is 12.1. The highest BCUT2D eigenvalue weighted by Gasteiger charge is 2.31. The van der Waals surface area contributed by atoms with E-state index in [1.54, 1.807) is 12.1 Å². The van der Waals surface area contributed by atoms with E-state index in [4.69, 9.17) is 5.73 Å². The van der Waals surface area contributed by atoms with E-state index in [0.29, 0.717) is 23.1 Å². The van der Waals surface area contributed by atoms with E-state index in [1.165, 1.54) is 6.42 Å². The SMILES string of the molecule is CC1CCC(NC(=O)c2ccccc2N)C1C. The lowest BCUT2D eigenvalue weighted by Crippen LogP contribution is -2.37. The quantitative estimate of drug-likeness (QED) is 0.769. The van der Waals surface area contributed by atoms with Crippen molar-refractivity contribution in [3.8, 4) is 0 Å². The van der Waals surface area contributed by atoms with Gasteiger partial charge >= 0.3 is 0 Å². The zero-order valence-corrected chi connectivity index (χ0v) is 10.4. The van der Waals surface area contributed by atoms with Crippen LogP contribution in [0.1, 0.15) is 37.0 Å². The van der Waals surface area contributed by atoms with Crippen molar-refractivity contribution < 1.29 is 4.79 Å². The largest absolute Gasteiger partial charge is 0.398 e. The number of hydrogen-bond donors (Lipinski definition) is 2. The van der Waals surface area contributed by atoms with Crippen molar-refractivity contribution in [1.29, 1.82) is 0 Å². The number of nitrogens with one attached hydrogen (secondary N) is 1. The minimum absolute atomic E-state index is 0.0472. The van der Waals surface area contributed by atoms with E-state index in [0.717, 1.165) is 6.42 Å². The Labute approximate surface area is 102 Å². The maximum Gasteiger partial charge on any atom is 0.253 e. The summed E-state index contributed by atoms with van der Waals surface area (Å²) in [7, 11) is 0. The molecule has 0 spiro atoms. The Morgan fingerprint density at radius 1 is 1.29 bits per heavy atom. The van der Waals surface area contributed by atoms with E-state index >= 15 is 0 Å². The summed E-state index contributed by atoms with van der Waals surface area (Å²) in [4.78, 5) is 12.1. The summed E-state index contributed by atoms with van der Waals surface area (Å²) < 4.78 is 0. The summed E-state index contributed by atoms with van der Waals surface area (Å²) in [5.41, 5.74) is 6.92. The van der Waals surface area contributed by atoms with Crippen LogP contribution in [0.15, 0.2) is 24.3 Å². The number of anilines is 1. The monoisotopic (exact) mass is 232 g/mol. The number of rotatable bonds is 2. The van der Waals surface area contributed by atoms with Crippen molar-refractivity contribution in [2.75, 3.05) is 5.73 Å². The molecule has 1 aromatic rings. The molecule has 0 bridgehead atoms. The molecule has 1 aliphatic carbocycles. The lowest BCUT2D eigenvalue weighted by molar-refractivity contribution is 0.0928. The molecule has 1 amide bonds. The average molecular weight is 232 g/mol. The topological polar surface area (TPSA) is 55.1 Å². The van der Waals surface area contributed by atoms with Gasteiger partial charge in [0.2, 0.25) is 0 Å². The number of carbonyl (C=O) groups excluding carboxylic acids is 1. The smallest absolute Gasteiger partial charge is 0.253 e. The summed E-state index contributed by atoms with van der Waals surface area (Å²) in [6.07, 6.45) is 2.26.